The lowest BCUT2D eigenvalue weighted by atomic mass is 10.2. The summed E-state index contributed by atoms with van der Waals surface area (Å²) in [6.07, 6.45) is 3.62. The number of aryl methyl sites for hydroxylation is 1. The van der Waals surface area contributed by atoms with E-state index in [-0.39, 0.29) is 6.29 Å². The molecule has 1 aromatic rings. The van der Waals surface area contributed by atoms with Gasteiger partial charge in [-0.15, -0.1) is 11.3 Å². The molecule has 0 spiro atoms. The number of rotatable bonds is 4. The Morgan fingerprint density at radius 1 is 1.36 bits per heavy atom. The quantitative estimate of drug-likeness (QED) is 0.763. The minimum absolute atomic E-state index is 0.0876. The Morgan fingerprint density at radius 2 is 2.14 bits per heavy atom. The fourth-order valence-corrected chi connectivity index (χ4v) is 2.58. The molecule has 3 heteroatoms. The smallest absolute Gasteiger partial charge is 0.193 e. The maximum Gasteiger partial charge on any atom is 0.193 e. The zero-order chi connectivity index (χ0) is 9.80. The van der Waals surface area contributed by atoms with E-state index in [0.717, 1.165) is 13.2 Å². The van der Waals surface area contributed by atoms with Crippen molar-refractivity contribution in [1.82, 2.24) is 0 Å². The first kappa shape index (κ1) is 10.1. The third-order valence-electron chi connectivity index (χ3n) is 2.31. The molecule has 0 aromatic carbocycles. The van der Waals surface area contributed by atoms with Crippen LogP contribution in [0.1, 0.15) is 35.8 Å². The normalized spacial score (nSPS) is 17.8. The highest BCUT2D eigenvalue weighted by Gasteiger charge is 2.19. The molecule has 0 unspecified atom stereocenters. The van der Waals surface area contributed by atoms with E-state index in [4.69, 9.17) is 9.47 Å². The highest BCUT2D eigenvalue weighted by molar-refractivity contribution is 7.12. The van der Waals surface area contributed by atoms with Gasteiger partial charge in [-0.05, 0) is 25.0 Å². The molecule has 0 atom stereocenters. The Kier molecular flexibility index (Phi) is 3.56. The molecule has 14 heavy (non-hydrogen) atoms. The Morgan fingerprint density at radius 3 is 2.86 bits per heavy atom. The van der Waals surface area contributed by atoms with Gasteiger partial charge in [0.05, 0.1) is 18.1 Å². The molecule has 1 aliphatic heterocycles. The lowest BCUT2D eigenvalue weighted by molar-refractivity contribution is -0.0413. The van der Waals surface area contributed by atoms with Crippen molar-refractivity contribution in [3.63, 3.8) is 0 Å². The molecular formula is C11H16O2S. The zero-order valence-corrected chi connectivity index (χ0v) is 9.31. The van der Waals surface area contributed by atoms with E-state index in [1.54, 1.807) is 0 Å². The van der Waals surface area contributed by atoms with E-state index in [1.165, 1.54) is 29.0 Å². The van der Waals surface area contributed by atoms with Gasteiger partial charge in [0, 0.05) is 4.88 Å². The second-order valence-corrected chi connectivity index (χ2v) is 4.68. The van der Waals surface area contributed by atoms with Gasteiger partial charge in [0.25, 0.3) is 0 Å². The summed E-state index contributed by atoms with van der Waals surface area (Å²) in [5.74, 6) is 0. The van der Waals surface area contributed by atoms with Gasteiger partial charge in [-0.3, -0.25) is 0 Å². The van der Waals surface area contributed by atoms with Crippen molar-refractivity contribution in [2.24, 2.45) is 0 Å². The van der Waals surface area contributed by atoms with Crippen molar-refractivity contribution in [3.8, 4) is 0 Å². The summed E-state index contributed by atoms with van der Waals surface area (Å²) in [5, 5.41) is 0. The van der Waals surface area contributed by atoms with Crippen molar-refractivity contribution < 1.29 is 9.47 Å². The maximum atomic E-state index is 5.44. The van der Waals surface area contributed by atoms with Crippen LogP contribution in [-0.4, -0.2) is 13.2 Å². The minimum atomic E-state index is -0.0876. The molecule has 0 N–H and O–H groups in total. The van der Waals surface area contributed by atoms with Crippen molar-refractivity contribution >= 4 is 11.3 Å². The van der Waals surface area contributed by atoms with Gasteiger partial charge in [-0.25, -0.2) is 0 Å². The van der Waals surface area contributed by atoms with Gasteiger partial charge in [-0.2, -0.15) is 0 Å². The van der Waals surface area contributed by atoms with Gasteiger partial charge in [0.15, 0.2) is 6.29 Å². The average Bonchev–Trinajstić information content (AvgIpc) is 2.85. The molecule has 0 radical (unpaired) electrons. The van der Waals surface area contributed by atoms with E-state index >= 15 is 0 Å². The first-order valence-electron chi connectivity index (χ1n) is 5.22. The number of hydrogen-bond donors (Lipinski definition) is 0. The molecule has 0 bridgehead atoms. The van der Waals surface area contributed by atoms with Crippen LogP contribution in [0.4, 0.5) is 0 Å². The Balaban J connectivity index is 1.94. The van der Waals surface area contributed by atoms with Crippen molar-refractivity contribution in [1.29, 1.82) is 0 Å². The fourth-order valence-electron chi connectivity index (χ4n) is 1.53. The molecule has 1 fully saturated rings. The topological polar surface area (TPSA) is 18.5 Å². The van der Waals surface area contributed by atoms with Gasteiger partial charge < -0.3 is 9.47 Å². The van der Waals surface area contributed by atoms with Crippen LogP contribution in [0.15, 0.2) is 12.1 Å². The van der Waals surface area contributed by atoms with E-state index in [1.807, 2.05) is 11.3 Å². The number of thiophene rings is 1. The van der Waals surface area contributed by atoms with Gasteiger partial charge >= 0.3 is 0 Å². The molecular weight excluding hydrogens is 196 g/mol. The molecule has 78 valence electrons. The summed E-state index contributed by atoms with van der Waals surface area (Å²) in [6.45, 7) is 3.68. The van der Waals surface area contributed by atoms with Crippen LogP contribution >= 0.6 is 11.3 Å². The summed E-state index contributed by atoms with van der Waals surface area (Å²) in [5.41, 5.74) is 0. The summed E-state index contributed by atoms with van der Waals surface area (Å²) in [4.78, 5) is 2.66. The van der Waals surface area contributed by atoms with Crippen LogP contribution in [0, 0.1) is 0 Å². The van der Waals surface area contributed by atoms with Crippen molar-refractivity contribution in [2.75, 3.05) is 13.2 Å². The van der Waals surface area contributed by atoms with Gasteiger partial charge in [0.1, 0.15) is 0 Å². The van der Waals surface area contributed by atoms with Gasteiger partial charge in [0.2, 0.25) is 0 Å². The molecule has 2 nitrogen and oxygen atoms in total. The average molecular weight is 212 g/mol. The van der Waals surface area contributed by atoms with E-state index < -0.39 is 0 Å². The van der Waals surface area contributed by atoms with Crippen LogP contribution in [0.5, 0.6) is 0 Å². The number of hydrogen-bond acceptors (Lipinski definition) is 3. The monoisotopic (exact) mass is 212 g/mol. The zero-order valence-electron chi connectivity index (χ0n) is 8.49. The molecule has 1 saturated heterocycles. The van der Waals surface area contributed by atoms with Crippen LogP contribution in [0.25, 0.3) is 0 Å². The molecule has 2 rings (SSSR count). The maximum absolute atomic E-state index is 5.44. The second kappa shape index (κ2) is 4.91. The van der Waals surface area contributed by atoms with Crippen LogP contribution in [0.2, 0.25) is 0 Å². The first-order valence-corrected chi connectivity index (χ1v) is 6.03. The van der Waals surface area contributed by atoms with Gasteiger partial charge in [-0.1, -0.05) is 13.3 Å². The summed E-state index contributed by atoms with van der Waals surface area (Å²) in [7, 11) is 0. The van der Waals surface area contributed by atoms with Crippen LogP contribution in [-0.2, 0) is 15.9 Å². The molecule has 1 aromatic heterocycles. The Hall–Kier alpha value is -0.380. The van der Waals surface area contributed by atoms with Crippen molar-refractivity contribution in [2.45, 2.75) is 32.5 Å². The molecule has 2 heterocycles. The predicted octanol–water partition coefficient (Wildman–Crippen LogP) is 3.14. The van der Waals surface area contributed by atoms with E-state index in [9.17, 15) is 0 Å². The molecule has 0 saturated carbocycles. The molecule has 0 amide bonds. The SMILES string of the molecule is CCCCc1ccc(C2OCCO2)s1. The minimum Gasteiger partial charge on any atom is -0.345 e. The highest BCUT2D eigenvalue weighted by atomic mass is 32.1. The van der Waals surface area contributed by atoms with Crippen molar-refractivity contribution in [3.05, 3.63) is 21.9 Å². The first-order chi connectivity index (χ1) is 6.90. The van der Waals surface area contributed by atoms with E-state index in [2.05, 4.69) is 19.1 Å². The third kappa shape index (κ3) is 2.35. The lowest BCUT2D eigenvalue weighted by Gasteiger charge is -2.04. The Bertz CT molecular complexity index is 277. The lowest BCUT2D eigenvalue weighted by Crippen LogP contribution is -1.93. The molecule has 1 aliphatic rings. The Labute approximate surface area is 88.8 Å². The largest absolute Gasteiger partial charge is 0.345 e. The summed E-state index contributed by atoms with van der Waals surface area (Å²) in [6, 6.07) is 4.33. The third-order valence-corrected chi connectivity index (χ3v) is 3.48. The predicted molar refractivity (Wildman–Crippen MR) is 57.6 cm³/mol. The highest BCUT2D eigenvalue weighted by Crippen LogP contribution is 2.30. The van der Waals surface area contributed by atoms with Crippen LogP contribution < -0.4 is 0 Å². The number of unbranched alkanes of at least 4 members (excludes halogenated alkanes) is 1. The summed E-state index contributed by atoms with van der Waals surface area (Å²) < 4.78 is 10.9. The second-order valence-electron chi connectivity index (χ2n) is 3.48. The van der Waals surface area contributed by atoms with E-state index in [0.29, 0.717) is 0 Å². The number of ether oxygens (including phenoxy) is 2. The molecule has 0 aliphatic carbocycles. The standard InChI is InChI=1S/C11H16O2S/c1-2-3-4-9-5-6-10(14-9)11-12-7-8-13-11/h5-6,11H,2-4,7-8H2,1H3. The van der Waals surface area contributed by atoms with Crippen LogP contribution in [0.3, 0.4) is 0 Å². The fraction of sp³-hybridized carbons (Fsp3) is 0.636. The summed E-state index contributed by atoms with van der Waals surface area (Å²) >= 11 is 1.82.